The molecule has 0 spiro atoms. The lowest BCUT2D eigenvalue weighted by molar-refractivity contribution is 0.626. The second kappa shape index (κ2) is 7.52. The van der Waals surface area contributed by atoms with E-state index >= 15 is 0 Å². The number of rotatable bonds is 6. The van der Waals surface area contributed by atoms with Crippen molar-refractivity contribution < 1.29 is 4.39 Å². The number of aromatic nitrogens is 2. The fourth-order valence-corrected chi connectivity index (χ4v) is 2.81. The van der Waals surface area contributed by atoms with Crippen molar-refractivity contribution in [3.8, 4) is 0 Å². The number of hydrogen-bond donors (Lipinski definition) is 1. The maximum Gasteiger partial charge on any atom is 0.139 e. The summed E-state index contributed by atoms with van der Waals surface area (Å²) in [6, 6.07) is 6.50. The van der Waals surface area contributed by atoms with Gasteiger partial charge in [-0.25, -0.2) is 14.4 Å². The highest BCUT2D eigenvalue weighted by Gasteiger charge is 2.08. The Labute approximate surface area is 129 Å². The Morgan fingerprint density at radius 2 is 1.71 bits per heavy atom. The number of nitrogens with one attached hydrogen (secondary N) is 1. The fraction of sp³-hybridized carbons (Fsp3) is 0.375. The highest BCUT2D eigenvalue weighted by atomic mass is 32.2. The van der Waals surface area contributed by atoms with Gasteiger partial charge in [-0.15, -0.1) is 11.8 Å². The molecule has 0 atom stereocenters. The Balaban J connectivity index is 2.05. The molecule has 1 N–H and O–H groups in total. The Morgan fingerprint density at radius 3 is 2.29 bits per heavy atom. The van der Waals surface area contributed by atoms with Gasteiger partial charge in [0, 0.05) is 28.4 Å². The quantitative estimate of drug-likeness (QED) is 0.827. The van der Waals surface area contributed by atoms with Crippen molar-refractivity contribution in [2.45, 2.75) is 38.0 Å². The van der Waals surface area contributed by atoms with Crippen LogP contribution in [0.3, 0.4) is 0 Å². The van der Waals surface area contributed by atoms with Crippen LogP contribution in [-0.2, 0) is 12.3 Å². The van der Waals surface area contributed by atoms with Crippen molar-refractivity contribution in [1.82, 2.24) is 15.3 Å². The summed E-state index contributed by atoms with van der Waals surface area (Å²) in [6.45, 7) is 7.86. The molecule has 1 aromatic carbocycles. The van der Waals surface area contributed by atoms with E-state index in [0.717, 1.165) is 35.2 Å². The minimum absolute atomic E-state index is 0.213. The molecule has 5 heteroatoms. The van der Waals surface area contributed by atoms with Gasteiger partial charge in [-0.3, -0.25) is 0 Å². The van der Waals surface area contributed by atoms with Crippen molar-refractivity contribution in [2.24, 2.45) is 0 Å². The number of thioether (sulfide) groups is 1. The average Bonchev–Trinajstić information content (AvgIpc) is 2.46. The third-order valence-corrected chi connectivity index (χ3v) is 4.21. The zero-order valence-electron chi connectivity index (χ0n) is 12.6. The number of benzene rings is 1. The molecule has 0 unspecified atom stereocenters. The van der Waals surface area contributed by atoms with Crippen LogP contribution < -0.4 is 5.32 Å². The van der Waals surface area contributed by atoms with Gasteiger partial charge in [-0.05, 0) is 44.7 Å². The van der Waals surface area contributed by atoms with Crippen molar-refractivity contribution >= 4 is 11.8 Å². The lowest BCUT2D eigenvalue weighted by Crippen LogP contribution is -2.16. The van der Waals surface area contributed by atoms with Crippen LogP contribution in [-0.4, -0.2) is 16.5 Å². The minimum atomic E-state index is -0.213. The number of halogens is 1. The van der Waals surface area contributed by atoms with Gasteiger partial charge in [-0.1, -0.05) is 6.92 Å². The predicted molar refractivity (Wildman–Crippen MR) is 84.8 cm³/mol. The molecule has 0 bridgehead atoms. The molecule has 21 heavy (non-hydrogen) atoms. The van der Waals surface area contributed by atoms with Gasteiger partial charge in [-0.2, -0.15) is 0 Å². The maximum absolute atomic E-state index is 12.9. The molecule has 0 amide bonds. The van der Waals surface area contributed by atoms with Crippen LogP contribution in [0.4, 0.5) is 4.39 Å². The highest BCUT2D eigenvalue weighted by molar-refractivity contribution is 7.98. The van der Waals surface area contributed by atoms with Gasteiger partial charge < -0.3 is 5.32 Å². The molecule has 2 aromatic rings. The van der Waals surface area contributed by atoms with Crippen molar-refractivity contribution in [3.63, 3.8) is 0 Å². The summed E-state index contributed by atoms with van der Waals surface area (Å²) in [5.41, 5.74) is 3.23. The van der Waals surface area contributed by atoms with E-state index in [4.69, 9.17) is 0 Å². The molecule has 0 aliphatic carbocycles. The number of aryl methyl sites for hydroxylation is 2. The summed E-state index contributed by atoms with van der Waals surface area (Å²) >= 11 is 1.62. The summed E-state index contributed by atoms with van der Waals surface area (Å²) in [4.78, 5) is 10.2. The lowest BCUT2D eigenvalue weighted by atomic mass is 10.1. The molecule has 0 aliphatic rings. The van der Waals surface area contributed by atoms with Crippen molar-refractivity contribution in [2.75, 3.05) is 6.54 Å². The SMILES string of the molecule is CCNCc1c(C)nc(CSc2ccc(F)cc2)nc1C. The molecule has 0 saturated heterocycles. The van der Waals surface area contributed by atoms with E-state index < -0.39 is 0 Å². The van der Waals surface area contributed by atoms with Crippen molar-refractivity contribution in [1.29, 1.82) is 0 Å². The third kappa shape index (κ3) is 4.51. The first-order valence-electron chi connectivity index (χ1n) is 7.02. The van der Waals surface area contributed by atoms with Crippen LogP contribution in [0.5, 0.6) is 0 Å². The summed E-state index contributed by atoms with van der Waals surface area (Å²) in [5.74, 6) is 1.30. The average molecular weight is 305 g/mol. The fourth-order valence-electron chi connectivity index (χ4n) is 2.06. The molecule has 1 heterocycles. The molecule has 1 aromatic heterocycles. The molecule has 0 aliphatic heterocycles. The number of nitrogens with zero attached hydrogens (tertiary/aromatic N) is 2. The van der Waals surface area contributed by atoms with Gasteiger partial charge in [0.1, 0.15) is 11.6 Å². The zero-order valence-corrected chi connectivity index (χ0v) is 13.4. The van der Waals surface area contributed by atoms with Crippen LogP contribution in [0.15, 0.2) is 29.2 Å². The van der Waals surface area contributed by atoms with Gasteiger partial charge in [0.15, 0.2) is 0 Å². The van der Waals surface area contributed by atoms with Crippen LogP contribution >= 0.6 is 11.8 Å². The minimum Gasteiger partial charge on any atom is -0.313 e. The Bertz CT molecular complexity index is 576. The summed E-state index contributed by atoms with van der Waals surface area (Å²) in [6.07, 6.45) is 0. The largest absolute Gasteiger partial charge is 0.313 e. The first kappa shape index (κ1) is 15.9. The molecule has 112 valence electrons. The molecular weight excluding hydrogens is 285 g/mol. The molecule has 3 nitrogen and oxygen atoms in total. The summed E-state index contributed by atoms with van der Waals surface area (Å²) in [5, 5.41) is 3.31. The lowest BCUT2D eigenvalue weighted by Gasteiger charge is -2.11. The van der Waals surface area contributed by atoms with E-state index in [-0.39, 0.29) is 5.82 Å². The van der Waals surface area contributed by atoms with E-state index in [1.165, 1.54) is 17.7 Å². The van der Waals surface area contributed by atoms with E-state index in [2.05, 4.69) is 22.2 Å². The van der Waals surface area contributed by atoms with E-state index in [1.807, 2.05) is 13.8 Å². The smallest absolute Gasteiger partial charge is 0.139 e. The molecule has 0 fully saturated rings. The Hall–Kier alpha value is -1.46. The first-order valence-corrected chi connectivity index (χ1v) is 8.00. The van der Waals surface area contributed by atoms with Crippen LogP contribution in [0.2, 0.25) is 0 Å². The predicted octanol–water partition coefficient (Wildman–Crippen LogP) is 3.63. The van der Waals surface area contributed by atoms with Crippen LogP contribution in [0.25, 0.3) is 0 Å². The summed E-state index contributed by atoms with van der Waals surface area (Å²) in [7, 11) is 0. The molecular formula is C16H20FN3S. The Morgan fingerprint density at radius 1 is 1.10 bits per heavy atom. The Kier molecular flexibility index (Phi) is 5.70. The third-order valence-electron chi connectivity index (χ3n) is 3.20. The normalized spacial score (nSPS) is 10.9. The van der Waals surface area contributed by atoms with Crippen molar-refractivity contribution in [3.05, 3.63) is 52.9 Å². The van der Waals surface area contributed by atoms with Crippen LogP contribution in [0.1, 0.15) is 29.7 Å². The van der Waals surface area contributed by atoms with E-state index in [0.29, 0.717) is 5.75 Å². The number of hydrogen-bond acceptors (Lipinski definition) is 4. The zero-order chi connectivity index (χ0) is 15.2. The first-order chi connectivity index (χ1) is 10.1. The topological polar surface area (TPSA) is 37.8 Å². The van der Waals surface area contributed by atoms with Crippen LogP contribution in [0, 0.1) is 19.7 Å². The maximum atomic E-state index is 12.9. The highest BCUT2D eigenvalue weighted by Crippen LogP contribution is 2.22. The molecule has 0 saturated carbocycles. The standard InChI is InChI=1S/C16H20FN3S/c1-4-18-9-15-11(2)19-16(20-12(15)3)10-21-14-7-5-13(17)6-8-14/h5-8,18H,4,9-10H2,1-3H3. The van der Waals surface area contributed by atoms with E-state index in [9.17, 15) is 4.39 Å². The van der Waals surface area contributed by atoms with E-state index in [1.54, 1.807) is 23.9 Å². The van der Waals surface area contributed by atoms with Gasteiger partial charge in [0.25, 0.3) is 0 Å². The summed E-state index contributed by atoms with van der Waals surface area (Å²) < 4.78 is 12.9. The van der Waals surface area contributed by atoms with Gasteiger partial charge in [0.2, 0.25) is 0 Å². The van der Waals surface area contributed by atoms with Gasteiger partial charge in [0.05, 0.1) is 5.75 Å². The van der Waals surface area contributed by atoms with Gasteiger partial charge >= 0.3 is 0 Å². The second-order valence-corrected chi connectivity index (χ2v) is 5.86. The molecule has 2 rings (SSSR count). The monoisotopic (exact) mass is 305 g/mol. The second-order valence-electron chi connectivity index (χ2n) is 4.81. The molecule has 0 radical (unpaired) electrons.